The number of carbonyl (C=O) groups excluding carboxylic acids is 1. The van der Waals surface area contributed by atoms with Crippen molar-refractivity contribution in [1.29, 1.82) is 0 Å². The molecule has 1 aliphatic rings. The monoisotopic (exact) mass is 388 g/mol. The van der Waals surface area contributed by atoms with Crippen molar-refractivity contribution in [2.75, 3.05) is 13.2 Å². The van der Waals surface area contributed by atoms with Crippen LogP contribution >= 0.6 is 11.6 Å². The van der Waals surface area contributed by atoms with Crippen molar-refractivity contribution < 1.29 is 19.0 Å². The molecule has 0 aromatic heterocycles. The number of nitrogens with zero attached hydrogens (tertiary/aromatic N) is 1. The maximum atomic E-state index is 12.0. The smallest absolute Gasteiger partial charge is 0.245 e. The van der Waals surface area contributed by atoms with Crippen LogP contribution in [-0.2, 0) is 20.9 Å². The van der Waals surface area contributed by atoms with E-state index in [1.807, 2.05) is 48.5 Å². The van der Waals surface area contributed by atoms with Gasteiger partial charge in [0.25, 0.3) is 0 Å². The molecule has 0 atom stereocenters. The third-order valence-corrected chi connectivity index (χ3v) is 4.25. The number of benzene rings is 2. The van der Waals surface area contributed by atoms with Gasteiger partial charge in [0.05, 0.1) is 25.8 Å². The summed E-state index contributed by atoms with van der Waals surface area (Å²) in [5.41, 5.74) is 4.25. The van der Waals surface area contributed by atoms with E-state index in [-0.39, 0.29) is 12.3 Å². The van der Waals surface area contributed by atoms with Gasteiger partial charge in [0.1, 0.15) is 12.4 Å². The molecule has 1 aliphatic heterocycles. The Balaban J connectivity index is 1.55. The molecule has 7 heteroatoms. The fourth-order valence-electron chi connectivity index (χ4n) is 2.62. The lowest BCUT2D eigenvalue weighted by atomic mass is 10.2. The Morgan fingerprint density at radius 1 is 1.22 bits per heavy atom. The van der Waals surface area contributed by atoms with Gasteiger partial charge in [-0.25, -0.2) is 5.43 Å². The van der Waals surface area contributed by atoms with Crippen LogP contribution < -0.4 is 10.2 Å². The summed E-state index contributed by atoms with van der Waals surface area (Å²) in [5, 5.41) is 4.69. The Bertz CT molecular complexity index is 802. The lowest BCUT2D eigenvalue weighted by Crippen LogP contribution is -2.33. The summed E-state index contributed by atoms with van der Waals surface area (Å²) in [6, 6.07) is 14.9. The van der Waals surface area contributed by atoms with Gasteiger partial charge in [0.2, 0.25) is 5.91 Å². The summed E-state index contributed by atoms with van der Waals surface area (Å²) in [6.07, 6.45) is 1.63. The first-order valence-corrected chi connectivity index (χ1v) is 8.98. The maximum Gasteiger partial charge on any atom is 0.245 e. The summed E-state index contributed by atoms with van der Waals surface area (Å²) in [4.78, 5) is 12.0. The van der Waals surface area contributed by atoms with Crippen molar-refractivity contribution in [3.8, 4) is 5.75 Å². The lowest BCUT2D eigenvalue weighted by Gasteiger charge is -2.20. The van der Waals surface area contributed by atoms with Gasteiger partial charge in [-0.2, -0.15) is 5.10 Å². The Morgan fingerprint density at radius 2 is 1.93 bits per heavy atom. The number of rotatable bonds is 7. The normalized spacial score (nSPS) is 15.8. The van der Waals surface area contributed by atoms with Crippen molar-refractivity contribution in [3.05, 3.63) is 64.7 Å². The van der Waals surface area contributed by atoms with Crippen LogP contribution in [0.2, 0.25) is 5.02 Å². The largest absolute Gasteiger partial charge is 0.488 e. The standard InChI is InChI=1S/C20H21ClN2O4/c1-20(26-10-11-27-20)12-19(24)23-22-13-16-4-2-3-5-18(16)25-14-15-6-8-17(21)9-7-15/h2-9,13H,10-12,14H2,1H3,(H,23,24)/b22-13-. The van der Waals surface area contributed by atoms with Crippen LogP contribution in [0.4, 0.5) is 0 Å². The van der Waals surface area contributed by atoms with Crippen molar-refractivity contribution >= 4 is 23.7 Å². The summed E-state index contributed by atoms with van der Waals surface area (Å²) >= 11 is 5.89. The maximum absolute atomic E-state index is 12.0. The van der Waals surface area contributed by atoms with Crippen LogP contribution in [0.15, 0.2) is 53.6 Å². The Hall–Kier alpha value is -2.41. The highest BCUT2D eigenvalue weighted by atomic mass is 35.5. The molecule has 1 amide bonds. The molecule has 0 unspecified atom stereocenters. The van der Waals surface area contributed by atoms with Crippen molar-refractivity contribution in [1.82, 2.24) is 5.43 Å². The number of para-hydroxylation sites is 1. The van der Waals surface area contributed by atoms with E-state index in [0.717, 1.165) is 11.1 Å². The summed E-state index contributed by atoms with van der Waals surface area (Å²) in [6.45, 7) is 3.13. The molecule has 27 heavy (non-hydrogen) atoms. The minimum atomic E-state index is -0.876. The van der Waals surface area contributed by atoms with E-state index in [9.17, 15) is 4.79 Å². The third-order valence-electron chi connectivity index (χ3n) is 4.00. The van der Waals surface area contributed by atoms with Crippen molar-refractivity contribution in [3.63, 3.8) is 0 Å². The fraction of sp³-hybridized carbons (Fsp3) is 0.300. The van der Waals surface area contributed by atoms with Crippen LogP contribution in [-0.4, -0.2) is 31.1 Å². The molecule has 0 radical (unpaired) electrons. The predicted molar refractivity (Wildman–Crippen MR) is 103 cm³/mol. The van der Waals surface area contributed by atoms with Crippen LogP contribution in [0.5, 0.6) is 5.75 Å². The number of nitrogens with one attached hydrogen (secondary N) is 1. The Morgan fingerprint density at radius 3 is 2.67 bits per heavy atom. The second-order valence-corrected chi connectivity index (χ2v) is 6.69. The fourth-order valence-corrected chi connectivity index (χ4v) is 2.75. The zero-order chi connectivity index (χ0) is 19.1. The molecule has 2 aromatic carbocycles. The Labute approximate surface area is 163 Å². The molecule has 0 bridgehead atoms. The molecular formula is C20H21ClN2O4. The van der Waals surface area contributed by atoms with E-state index >= 15 is 0 Å². The molecule has 1 heterocycles. The number of hydrogen-bond acceptors (Lipinski definition) is 5. The molecule has 1 fully saturated rings. The number of carbonyl (C=O) groups is 1. The van der Waals surface area contributed by atoms with Crippen LogP contribution in [0.1, 0.15) is 24.5 Å². The molecule has 0 spiro atoms. The minimum absolute atomic E-state index is 0.0824. The topological polar surface area (TPSA) is 69.2 Å². The zero-order valence-corrected chi connectivity index (χ0v) is 15.7. The van der Waals surface area contributed by atoms with Crippen LogP contribution in [0, 0.1) is 0 Å². The molecule has 142 valence electrons. The van der Waals surface area contributed by atoms with Gasteiger partial charge in [0, 0.05) is 10.6 Å². The second-order valence-electron chi connectivity index (χ2n) is 6.25. The van der Waals surface area contributed by atoms with Crippen LogP contribution in [0.25, 0.3) is 0 Å². The second kappa shape index (κ2) is 8.99. The molecule has 3 rings (SSSR count). The highest BCUT2D eigenvalue weighted by Crippen LogP contribution is 2.22. The zero-order valence-electron chi connectivity index (χ0n) is 15.0. The summed E-state index contributed by atoms with van der Waals surface area (Å²) in [5.74, 6) is -0.491. The average Bonchev–Trinajstić information content (AvgIpc) is 3.08. The number of ether oxygens (including phenoxy) is 3. The van der Waals surface area contributed by atoms with E-state index in [4.69, 9.17) is 25.8 Å². The van der Waals surface area contributed by atoms with E-state index < -0.39 is 5.79 Å². The number of halogens is 1. The van der Waals surface area contributed by atoms with E-state index in [2.05, 4.69) is 10.5 Å². The van der Waals surface area contributed by atoms with Crippen molar-refractivity contribution in [2.45, 2.75) is 25.7 Å². The average molecular weight is 389 g/mol. The summed E-state index contributed by atoms with van der Waals surface area (Å²) < 4.78 is 16.7. The first-order chi connectivity index (χ1) is 13.0. The number of hydrogen-bond donors (Lipinski definition) is 1. The van der Waals surface area contributed by atoms with E-state index in [1.54, 1.807) is 13.1 Å². The Kier molecular flexibility index (Phi) is 6.45. The van der Waals surface area contributed by atoms with Gasteiger partial charge >= 0.3 is 0 Å². The molecule has 2 aromatic rings. The highest BCUT2D eigenvalue weighted by Gasteiger charge is 2.33. The number of amides is 1. The van der Waals surface area contributed by atoms with E-state index in [0.29, 0.717) is 30.6 Å². The third kappa shape index (κ3) is 5.79. The first-order valence-electron chi connectivity index (χ1n) is 8.60. The predicted octanol–water partition coefficient (Wildman–Crippen LogP) is 3.52. The lowest BCUT2D eigenvalue weighted by molar-refractivity contribution is -0.159. The molecular weight excluding hydrogens is 368 g/mol. The van der Waals surface area contributed by atoms with Crippen molar-refractivity contribution in [2.24, 2.45) is 5.10 Å². The van der Waals surface area contributed by atoms with Gasteiger partial charge in [-0.1, -0.05) is 35.9 Å². The number of hydrazone groups is 1. The SMILES string of the molecule is CC1(CC(=O)N/N=C\c2ccccc2OCc2ccc(Cl)cc2)OCCO1. The van der Waals surface area contributed by atoms with Gasteiger partial charge < -0.3 is 14.2 Å². The molecule has 0 aliphatic carbocycles. The molecule has 6 nitrogen and oxygen atoms in total. The minimum Gasteiger partial charge on any atom is -0.488 e. The van der Waals surface area contributed by atoms with Gasteiger partial charge in [-0.15, -0.1) is 0 Å². The van der Waals surface area contributed by atoms with Gasteiger partial charge in [0.15, 0.2) is 5.79 Å². The first kappa shape index (κ1) is 19.4. The highest BCUT2D eigenvalue weighted by molar-refractivity contribution is 6.30. The molecule has 1 saturated heterocycles. The quantitative estimate of drug-likeness (QED) is 0.582. The van der Waals surface area contributed by atoms with Crippen LogP contribution in [0.3, 0.4) is 0 Å². The van der Waals surface area contributed by atoms with Gasteiger partial charge in [-0.3, -0.25) is 4.79 Å². The summed E-state index contributed by atoms with van der Waals surface area (Å²) in [7, 11) is 0. The molecule has 0 saturated carbocycles. The van der Waals surface area contributed by atoms with E-state index in [1.165, 1.54) is 0 Å². The van der Waals surface area contributed by atoms with Gasteiger partial charge in [-0.05, 0) is 36.8 Å². The molecule has 1 N–H and O–H groups in total.